The van der Waals surface area contributed by atoms with Crippen LogP contribution >= 0.6 is 0 Å². The zero-order chi connectivity index (χ0) is 23.9. The molecule has 0 radical (unpaired) electrons. The number of halogens is 3. The lowest BCUT2D eigenvalue weighted by Crippen LogP contribution is -2.66. The van der Waals surface area contributed by atoms with Crippen molar-refractivity contribution in [3.8, 4) is 11.4 Å². The van der Waals surface area contributed by atoms with Gasteiger partial charge in [0.1, 0.15) is 5.82 Å². The average Bonchev–Trinajstić information content (AvgIpc) is 3.14. The van der Waals surface area contributed by atoms with Crippen molar-refractivity contribution in [2.24, 2.45) is 12.5 Å². The molecule has 5 rings (SSSR count). The second-order valence-electron chi connectivity index (χ2n) is 10.00. The largest absolute Gasteiger partial charge is 0.471 e. The van der Waals surface area contributed by atoms with Crippen molar-refractivity contribution in [2.45, 2.75) is 51.2 Å². The maximum atomic E-state index is 13.3. The van der Waals surface area contributed by atoms with Crippen LogP contribution in [0.5, 0.6) is 0 Å². The number of rotatable bonds is 1. The molecule has 174 valence electrons. The number of amides is 1. The summed E-state index contributed by atoms with van der Waals surface area (Å²) in [5, 5.41) is 0. The Morgan fingerprint density at radius 2 is 1.94 bits per heavy atom. The fraction of sp³-hybridized carbons (Fsp3) is 0.458. The Morgan fingerprint density at radius 3 is 2.61 bits per heavy atom. The minimum absolute atomic E-state index is 0.0737. The quantitative estimate of drug-likeness (QED) is 0.601. The lowest BCUT2D eigenvalue weighted by molar-refractivity contribution is -0.195. The summed E-state index contributed by atoms with van der Waals surface area (Å²) in [5.41, 5.74) is 3.23. The highest BCUT2D eigenvalue weighted by Crippen LogP contribution is 2.56. The van der Waals surface area contributed by atoms with E-state index >= 15 is 0 Å². The van der Waals surface area contributed by atoms with Gasteiger partial charge in [-0.15, -0.1) is 0 Å². The third-order valence-electron chi connectivity index (χ3n) is 8.06. The number of H-pyrrole nitrogens is 1. The minimum atomic E-state index is -4.89. The van der Waals surface area contributed by atoms with Crippen LogP contribution in [0.3, 0.4) is 0 Å². The Hall–Kier alpha value is -3.10. The number of piperidine rings is 1. The first kappa shape index (κ1) is 21.7. The van der Waals surface area contributed by atoms with Gasteiger partial charge in [-0.05, 0) is 47.6 Å². The number of carbonyl (C=O) groups is 1. The lowest BCUT2D eigenvalue weighted by Gasteiger charge is -2.60. The van der Waals surface area contributed by atoms with Gasteiger partial charge in [0.2, 0.25) is 5.56 Å². The third-order valence-corrected chi connectivity index (χ3v) is 8.06. The Balaban J connectivity index is 1.62. The normalized spacial score (nSPS) is 24.1. The summed E-state index contributed by atoms with van der Waals surface area (Å²) in [6, 6.07) is 6.61. The topological polar surface area (TPSA) is 71.0 Å². The molecule has 1 saturated heterocycles. The van der Waals surface area contributed by atoms with E-state index in [1.54, 1.807) is 19.3 Å². The predicted molar refractivity (Wildman–Crippen MR) is 118 cm³/mol. The Kier molecular flexibility index (Phi) is 4.42. The number of nitrogens with one attached hydrogen (secondary N) is 1. The molecule has 1 amide bonds. The number of alkyl halides is 3. The number of likely N-dealkylation sites (tertiary alicyclic amines) is 1. The molecule has 2 aromatic heterocycles. The van der Waals surface area contributed by atoms with Crippen LogP contribution in [0.25, 0.3) is 22.4 Å². The average molecular weight is 458 g/mol. The number of hydrogen-bond donors (Lipinski definition) is 1. The van der Waals surface area contributed by atoms with Crippen molar-refractivity contribution < 1.29 is 18.0 Å². The van der Waals surface area contributed by atoms with Crippen LogP contribution in [0.2, 0.25) is 0 Å². The van der Waals surface area contributed by atoms with E-state index in [-0.39, 0.29) is 12.1 Å². The van der Waals surface area contributed by atoms with Crippen molar-refractivity contribution in [2.75, 3.05) is 6.54 Å². The van der Waals surface area contributed by atoms with Crippen molar-refractivity contribution >= 4 is 16.9 Å². The van der Waals surface area contributed by atoms with Crippen molar-refractivity contribution in [3.05, 3.63) is 51.9 Å². The Bertz CT molecular complexity index is 1350. The van der Waals surface area contributed by atoms with Gasteiger partial charge in [-0.25, -0.2) is 4.98 Å². The van der Waals surface area contributed by atoms with Crippen LogP contribution in [0.1, 0.15) is 38.3 Å². The molecule has 3 heterocycles. The van der Waals surface area contributed by atoms with Gasteiger partial charge in [-0.1, -0.05) is 20.8 Å². The number of benzene rings is 1. The minimum Gasteiger partial charge on any atom is -0.338 e. The summed E-state index contributed by atoms with van der Waals surface area (Å²) in [4.78, 5) is 33.0. The molecule has 1 N–H and O–H groups in total. The van der Waals surface area contributed by atoms with E-state index in [1.807, 2.05) is 26.0 Å². The summed E-state index contributed by atoms with van der Waals surface area (Å²) < 4.78 is 41.4. The first-order valence-corrected chi connectivity index (χ1v) is 10.9. The molecule has 9 heteroatoms. The second kappa shape index (κ2) is 6.71. The molecular formula is C24H25F3N4O2. The smallest absolute Gasteiger partial charge is 0.338 e. The van der Waals surface area contributed by atoms with Gasteiger partial charge in [0.25, 0.3) is 0 Å². The summed E-state index contributed by atoms with van der Waals surface area (Å²) in [6.07, 6.45) is -2.39. The van der Waals surface area contributed by atoms with Crippen LogP contribution in [0.4, 0.5) is 13.2 Å². The number of aryl methyl sites for hydroxylation is 1. The molecule has 0 unspecified atom stereocenters. The number of nitrogens with zero attached hydrogens (tertiary/aromatic N) is 3. The van der Waals surface area contributed by atoms with E-state index < -0.39 is 29.0 Å². The van der Waals surface area contributed by atoms with Crippen LogP contribution in [0.15, 0.2) is 35.3 Å². The molecule has 0 saturated carbocycles. The van der Waals surface area contributed by atoms with Crippen molar-refractivity contribution in [1.82, 2.24) is 19.4 Å². The fourth-order valence-electron chi connectivity index (χ4n) is 5.70. The molecule has 33 heavy (non-hydrogen) atoms. The van der Waals surface area contributed by atoms with Crippen LogP contribution in [-0.4, -0.2) is 44.1 Å². The second-order valence-corrected chi connectivity index (χ2v) is 10.00. The lowest BCUT2D eigenvalue weighted by atomic mass is 9.51. The zero-order valence-corrected chi connectivity index (χ0v) is 18.9. The number of imidazole rings is 1. The number of pyridine rings is 1. The summed E-state index contributed by atoms with van der Waals surface area (Å²) in [5.74, 6) is -1.14. The highest BCUT2D eigenvalue weighted by atomic mass is 19.4. The first-order valence-electron chi connectivity index (χ1n) is 10.9. The van der Waals surface area contributed by atoms with E-state index in [0.29, 0.717) is 18.7 Å². The van der Waals surface area contributed by atoms with E-state index in [1.165, 1.54) is 10.6 Å². The van der Waals surface area contributed by atoms with Crippen LogP contribution in [-0.2, 0) is 23.7 Å². The standard InChI is InChI=1S/C24H25F3N4O2/c1-22(2)18-10-14-9-16-17(29-20(28-16)13-5-6-19(32)30(4)12-13)11-15(14)23(22,3)7-8-31(18)21(33)24(25,26)27/h5-6,9,11-12,18H,7-8,10H2,1-4H3,(H,28,29)/t18-,23-/m0/s1. The molecule has 1 aliphatic heterocycles. The summed E-state index contributed by atoms with van der Waals surface area (Å²) in [6.45, 7) is 6.08. The maximum Gasteiger partial charge on any atom is 0.471 e. The maximum absolute atomic E-state index is 13.3. The molecule has 3 aromatic rings. The molecule has 0 spiro atoms. The SMILES string of the molecule is Cn1cc(-c2nc3cc4c(cc3[nH]2)C[C@@H]2N(C(=O)C(F)(F)F)CC[C@]4(C)C2(C)C)ccc1=O. The van der Waals surface area contributed by atoms with E-state index in [2.05, 4.69) is 11.9 Å². The molecule has 6 nitrogen and oxygen atoms in total. The van der Waals surface area contributed by atoms with Gasteiger partial charge in [0.05, 0.1) is 11.0 Å². The number of fused-ring (bicyclic) bond motifs is 5. The number of carbonyl (C=O) groups excluding carboxylic acids is 1. The molecule has 2 aliphatic rings. The van der Waals surface area contributed by atoms with Gasteiger partial charge in [-0.3, -0.25) is 9.59 Å². The van der Waals surface area contributed by atoms with E-state index in [9.17, 15) is 22.8 Å². The Morgan fingerprint density at radius 1 is 1.21 bits per heavy atom. The highest BCUT2D eigenvalue weighted by molar-refractivity contribution is 5.84. The Labute approximate surface area is 188 Å². The van der Waals surface area contributed by atoms with Gasteiger partial charge in [-0.2, -0.15) is 13.2 Å². The predicted octanol–water partition coefficient (Wildman–Crippen LogP) is 3.93. The van der Waals surface area contributed by atoms with Crippen LogP contribution < -0.4 is 5.56 Å². The number of aromatic amines is 1. The van der Waals surface area contributed by atoms with Gasteiger partial charge in [0.15, 0.2) is 0 Å². The zero-order valence-electron chi connectivity index (χ0n) is 18.9. The van der Waals surface area contributed by atoms with E-state index in [4.69, 9.17) is 4.98 Å². The third kappa shape index (κ3) is 3.04. The molecule has 1 fully saturated rings. The summed E-state index contributed by atoms with van der Waals surface area (Å²) >= 11 is 0. The monoisotopic (exact) mass is 458 g/mol. The van der Waals surface area contributed by atoms with Crippen molar-refractivity contribution in [1.29, 1.82) is 0 Å². The number of hydrogen-bond acceptors (Lipinski definition) is 3. The van der Waals surface area contributed by atoms with Crippen molar-refractivity contribution in [3.63, 3.8) is 0 Å². The van der Waals surface area contributed by atoms with Crippen LogP contribution in [0, 0.1) is 5.41 Å². The molecule has 2 atom stereocenters. The summed E-state index contributed by atoms with van der Waals surface area (Å²) in [7, 11) is 1.67. The molecular weight excluding hydrogens is 433 g/mol. The number of aromatic nitrogens is 3. The molecule has 2 bridgehead atoms. The molecule has 1 aromatic carbocycles. The first-order chi connectivity index (χ1) is 15.3. The fourth-order valence-corrected chi connectivity index (χ4v) is 5.70. The van der Waals surface area contributed by atoms with Gasteiger partial charge >= 0.3 is 12.1 Å². The van der Waals surface area contributed by atoms with Gasteiger partial charge < -0.3 is 14.5 Å². The van der Waals surface area contributed by atoms with E-state index in [0.717, 1.165) is 32.6 Å². The van der Waals surface area contributed by atoms with Gasteiger partial charge in [0, 0.05) is 42.9 Å². The highest BCUT2D eigenvalue weighted by Gasteiger charge is 2.59. The molecule has 1 aliphatic carbocycles.